The standard InChI is InChI=1S/C13H14BrNO3/c14-10-5-2-1-4-9(10)8-12(16)15-7-3-6-11(15)13(17)18/h1-2,4-5,11H,3,6-8H2,(H,17,18)/t11-/m1/s1. The lowest BCUT2D eigenvalue weighted by Gasteiger charge is -2.21. The monoisotopic (exact) mass is 311 g/mol. The number of carbonyl (C=O) groups excluding carboxylic acids is 1. The van der Waals surface area contributed by atoms with Gasteiger partial charge in [0.1, 0.15) is 6.04 Å². The molecular formula is C13H14BrNO3. The summed E-state index contributed by atoms with van der Waals surface area (Å²) in [4.78, 5) is 24.6. The van der Waals surface area contributed by atoms with Crippen LogP contribution in [0.5, 0.6) is 0 Å². The Labute approximate surface area is 114 Å². The zero-order valence-electron chi connectivity index (χ0n) is 9.80. The van der Waals surface area contributed by atoms with Crippen LogP contribution in [0, 0.1) is 0 Å². The molecule has 1 atom stereocenters. The molecule has 2 rings (SSSR count). The van der Waals surface area contributed by atoms with Gasteiger partial charge in [0.25, 0.3) is 0 Å². The van der Waals surface area contributed by atoms with Crippen LogP contribution in [0.2, 0.25) is 0 Å². The lowest BCUT2D eigenvalue weighted by molar-refractivity contribution is -0.148. The molecule has 0 spiro atoms. The van der Waals surface area contributed by atoms with Crippen LogP contribution in [0.1, 0.15) is 18.4 Å². The average molecular weight is 312 g/mol. The van der Waals surface area contributed by atoms with Crippen molar-refractivity contribution >= 4 is 27.8 Å². The van der Waals surface area contributed by atoms with Crippen LogP contribution in [-0.4, -0.2) is 34.5 Å². The molecule has 1 aliphatic heterocycles. The number of rotatable bonds is 3. The fourth-order valence-electron chi connectivity index (χ4n) is 2.23. The highest BCUT2D eigenvalue weighted by Gasteiger charge is 2.33. The fourth-order valence-corrected chi connectivity index (χ4v) is 2.65. The van der Waals surface area contributed by atoms with E-state index < -0.39 is 12.0 Å². The topological polar surface area (TPSA) is 57.6 Å². The summed E-state index contributed by atoms with van der Waals surface area (Å²) in [6.45, 7) is 0.542. The molecule has 18 heavy (non-hydrogen) atoms. The number of carboxylic acids is 1. The third-order valence-corrected chi connectivity index (χ3v) is 3.93. The number of nitrogens with zero attached hydrogens (tertiary/aromatic N) is 1. The summed E-state index contributed by atoms with van der Waals surface area (Å²) < 4.78 is 0.879. The lowest BCUT2D eigenvalue weighted by atomic mass is 10.1. The van der Waals surface area contributed by atoms with Gasteiger partial charge in [0.05, 0.1) is 6.42 Å². The highest BCUT2D eigenvalue weighted by molar-refractivity contribution is 9.10. The van der Waals surface area contributed by atoms with E-state index in [1.165, 1.54) is 4.90 Å². The summed E-state index contributed by atoms with van der Waals surface area (Å²) >= 11 is 3.39. The number of halogens is 1. The van der Waals surface area contributed by atoms with Gasteiger partial charge in [0.2, 0.25) is 5.91 Å². The Morgan fingerprint density at radius 2 is 2.11 bits per heavy atom. The summed E-state index contributed by atoms with van der Waals surface area (Å²) in [5.41, 5.74) is 0.888. The van der Waals surface area contributed by atoms with E-state index >= 15 is 0 Å². The van der Waals surface area contributed by atoms with Crippen LogP contribution < -0.4 is 0 Å². The van der Waals surface area contributed by atoms with Crippen LogP contribution in [0.25, 0.3) is 0 Å². The fraction of sp³-hybridized carbons (Fsp3) is 0.385. The summed E-state index contributed by atoms with van der Waals surface area (Å²) in [7, 11) is 0. The molecule has 5 heteroatoms. The molecule has 1 aliphatic rings. The third kappa shape index (κ3) is 2.72. The Morgan fingerprint density at radius 3 is 2.78 bits per heavy atom. The number of aliphatic carboxylic acids is 1. The Bertz CT molecular complexity index is 475. The van der Waals surface area contributed by atoms with Gasteiger partial charge in [0.15, 0.2) is 0 Å². The molecule has 96 valence electrons. The maximum Gasteiger partial charge on any atom is 0.326 e. The molecule has 1 aromatic rings. The smallest absolute Gasteiger partial charge is 0.326 e. The molecule has 0 aliphatic carbocycles. The molecule has 1 amide bonds. The minimum atomic E-state index is -0.909. The lowest BCUT2D eigenvalue weighted by Crippen LogP contribution is -2.41. The van der Waals surface area contributed by atoms with Crippen molar-refractivity contribution in [2.45, 2.75) is 25.3 Å². The molecule has 1 saturated heterocycles. The number of carboxylic acid groups (broad SMARTS) is 1. The molecule has 0 aromatic heterocycles. The Morgan fingerprint density at radius 1 is 1.39 bits per heavy atom. The Balaban J connectivity index is 2.08. The van der Waals surface area contributed by atoms with E-state index in [4.69, 9.17) is 5.11 Å². The minimum absolute atomic E-state index is 0.119. The van der Waals surface area contributed by atoms with Crippen LogP contribution >= 0.6 is 15.9 Å². The quantitative estimate of drug-likeness (QED) is 0.929. The van der Waals surface area contributed by atoms with E-state index in [-0.39, 0.29) is 12.3 Å². The first-order valence-electron chi connectivity index (χ1n) is 5.85. The minimum Gasteiger partial charge on any atom is -0.480 e. The molecule has 0 saturated carbocycles. The molecule has 1 heterocycles. The molecule has 0 radical (unpaired) electrons. The van der Waals surface area contributed by atoms with Gasteiger partial charge in [-0.3, -0.25) is 4.79 Å². The van der Waals surface area contributed by atoms with Crippen molar-refractivity contribution in [2.75, 3.05) is 6.54 Å². The number of hydrogen-bond acceptors (Lipinski definition) is 2. The zero-order chi connectivity index (χ0) is 13.1. The second kappa shape index (κ2) is 5.52. The molecule has 0 bridgehead atoms. The van der Waals surface area contributed by atoms with E-state index in [9.17, 15) is 9.59 Å². The molecule has 1 fully saturated rings. The van der Waals surface area contributed by atoms with Crippen molar-refractivity contribution in [2.24, 2.45) is 0 Å². The van der Waals surface area contributed by atoms with Gasteiger partial charge < -0.3 is 10.0 Å². The first-order valence-corrected chi connectivity index (χ1v) is 6.64. The summed E-state index contributed by atoms with van der Waals surface area (Å²) in [5, 5.41) is 9.05. The van der Waals surface area contributed by atoms with E-state index in [1.54, 1.807) is 0 Å². The highest BCUT2D eigenvalue weighted by Crippen LogP contribution is 2.21. The molecule has 1 N–H and O–H groups in total. The van der Waals surface area contributed by atoms with Gasteiger partial charge in [-0.1, -0.05) is 34.1 Å². The maximum absolute atomic E-state index is 12.1. The largest absolute Gasteiger partial charge is 0.480 e. The van der Waals surface area contributed by atoms with Crippen molar-refractivity contribution < 1.29 is 14.7 Å². The van der Waals surface area contributed by atoms with E-state index in [0.717, 1.165) is 16.5 Å². The van der Waals surface area contributed by atoms with Gasteiger partial charge in [-0.05, 0) is 24.5 Å². The normalized spacial score (nSPS) is 18.9. The van der Waals surface area contributed by atoms with Crippen LogP contribution in [0.15, 0.2) is 28.7 Å². The highest BCUT2D eigenvalue weighted by atomic mass is 79.9. The van der Waals surface area contributed by atoms with Gasteiger partial charge in [-0.25, -0.2) is 4.79 Å². The summed E-state index contributed by atoms with van der Waals surface area (Å²) in [6.07, 6.45) is 1.56. The zero-order valence-corrected chi connectivity index (χ0v) is 11.4. The van der Waals surface area contributed by atoms with Crippen molar-refractivity contribution in [3.05, 3.63) is 34.3 Å². The summed E-state index contributed by atoms with van der Waals surface area (Å²) in [6, 6.07) is 6.84. The van der Waals surface area contributed by atoms with E-state index in [2.05, 4.69) is 15.9 Å². The number of amides is 1. The number of benzene rings is 1. The molecule has 4 nitrogen and oxygen atoms in total. The van der Waals surface area contributed by atoms with Gasteiger partial charge in [-0.15, -0.1) is 0 Å². The van der Waals surface area contributed by atoms with Crippen LogP contribution in [0.4, 0.5) is 0 Å². The van der Waals surface area contributed by atoms with Crippen molar-refractivity contribution in [1.29, 1.82) is 0 Å². The van der Waals surface area contributed by atoms with E-state index in [1.807, 2.05) is 24.3 Å². The van der Waals surface area contributed by atoms with Gasteiger partial charge >= 0.3 is 5.97 Å². The first kappa shape index (κ1) is 13.1. The number of carbonyl (C=O) groups is 2. The summed E-state index contributed by atoms with van der Waals surface area (Å²) in [5.74, 6) is -1.03. The second-order valence-corrected chi connectivity index (χ2v) is 5.21. The second-order valence-electron chi connectivity index (χ2n) is 4.35. The average Bonchev–Trinajstić information content (AvgIpc) is 2.81. The van der Waals surface area contributed by atoms with Crippen LogP contribution in [0.3, 0.4) is 0 Å². The molecule has 0 unspecified atom stereocenters. The first-order chi connectivity index (χ1) is 8.59. The SMILES string of the molecule is O=C(O)[C@H]1CCCN1C(=O)Cc1ccccc1Br. The maximum atomic E-state index is 12.1. The number of likely N-dealkylation sites (tertiary alicyclic amines) is 1. The molecule has 1 aromatic carbocycles. The van der Waals surface area contributed by atoms with Crippen molar-refractivity contribution in [3.8, 4) is 0 Å². The van der Waals surface area contributed by atoms with Crippen molar-refractivity contribution in [1.82, 2.24) is 4.90 Å². The van der Waals surface area contributed by atoms with Crippen molar-refractivity contribution in [3.63, 3.8) is 0 Å². The van der Waals surface area contributed by atoms with Crippen LogP contribution in [-0.2, 0) is 16.0 Å². The van der Waals surface area contributed by atoms with Gasteiger partial charge in [-0.2, -0.15) is 0 Å². The van der Waals surface area contributed by atoms with E-state index in [0.29, 0.717) is 13.0 Å². The van der Waals surface area contributed by atoms with Gasteiger partial charge in [0, 0.05) is 11.0 Å². The Kier molecular flexibility index (Phi) is 4.01. The predicted octanol–water partition coefficient (Wildman–Crippen LogP) is 2.07. The number of hydrogen-bond donors (Lipinski definition) is 1. The third-order valence-electron chi connectivity index (χ3n) is 3.16. The predicted molar refractivity (Wildman–Crippen MR) is 70.2 cm³/mol. The molecular weight excluding hydrogens is 298 g/mol. The Hall–Kier alpha value is -1.36.